The first-order valence-corrected chi connectivity index (χ1v) is 7.35. The largest absolute Gasteiger partial charge is 0.497 e. The monoisotopic (exact) mass is 285 g/mol. The summed E-state index contributed by atoms with van der Waals surface area (Å²) in [6.45, 7) is 2.12. The third-order valence-corrected chi connectivity index (χ3v) is 4.25. The molecule has 0 bridgehead atoms. The standard InChI is InChI=1S/C18H20FNO/c1-12(13-3-7-15(19)8-4-13)20-18-10-6-14-5-9-16(21-2)11-17(14)18/h3-5,7-9,11-12,18,20H,6,10H2,1-2H3/t12-,18?/m0/s1. The smallest absolute Gasteiger partial charge is 0.123 e. The van der Waals surface area contributed by atoms with E-state index in [1.807, 2.05) is 18.2 Å². The zero-order valence-corrected chi connectivity index (χ0v) is 12.4. The highest BCUT2D eigenvalue weighted by Gasteiger charge is 2.24. The molecule has 0 aromatic heterocycles. The number of aryl methyl sites for hydroxylation is 1. The SMILES string of the molecule is COc1ccc2c(c1)C(N[C@@H](C)c1ccc(F)cc1)CC2. The fourth-order valence-corrected chi connectivity index (χ4v) is 3.03. The summed E-state index contributed by atoms with van der Waals surface area (Å²) in [7, 11) is 1.69. The van der Waals surface area contributed by atoms with E-state index in [0.29, 0.717) is 6.04 Å². The summed E-state index contributed by atoms with van der Waals surface area (Å²) in [5.41, 5.74) is 3.82. The molecule has 3 rings (SSSR count). The van der Waals surface area contributed by atoms with Crippen LogP contribution in [-0.4, -0.2) is 7.11 Å². The molecule has 0 spiro atoms. The number of hydrogen-bond donors (Lipinski definition) is 1. The van der Waals surface area contributed by atoms with Gasteiger partial charge in [0.05, 0.1) is 7.11 Å². The predicted octanol–water partition coefficient (Wildman–Crippen LogP) is 4.17. The van der Waals surface area contributed by atoms with E-state index in [4.69, 9.17) is 4.74 Å². The van der Waals surface area contributed by atoms with Gasteiger partial charge in [-0.2, -0.15) is 0 Å². The van der Waals surface area contributed by atoms with E-state index >= 15 is 0 Å². The van der Waals surface area contributed by atoms with Gasteiger partial charge in [0.25, 0.3) is 0 Å². The van der Waals surface area contributed by atoms with Crippen LogP contribution in [0.25, 0.3) is 0 Å². The maximum absolute atomic E-state index is 13.0. The van der Waals surface area contributed by atoms with Gasteiger partial charge in [-0.25, -0.2) is 4.39 Å². The zero-order valence-electron chi connectivity index (χ0n) is 12.4. The molecule has 2 aromatic carbocycles. The van der Waals surface area contributed by atoms with Crippen LogP contribution in [0.15, 0.2) is 42.5 Å². The van der Waals surface area contributed by atoms with Crippen LogP contribution < -0.4 is 10.1 Å². The average Bonchev–Trinajstić information content (AvgIpc) is 2.90. The highest BCUT2D eigenvalue weighted by atomic mass is 19.1. The molecule has 1 aliphatic carbocycles. The molecule has 0 fully saturated rings. The second-order valence-electron chi connectivity index (χ2n) is 5.60. The highest BCUT2D eigenvalue weighted by molar-refractivity contribution is 5.41. The van der Waals surface area contributed by atoms with Gasteiger partial charge in [0, 0.05) is 12.1 Å². The third-order valence-electron chi connectivity index (χ3n) is 4.25. The van der Waals surface area contributed by atoms with Gasteiger partial charge in [-0.3, -0.25) is 0 Å². The molecule has 0 saturated carbocycles. The molecule has 0 amide bonds. The van der Waals surface area contributed by atoms with Crippen molar-refractivity contribution in [3.63, 3.8) is 0 Å². The quantitative estimate of drug-likeness (QED) is 0.910. The van der Waals surface area contributed by atoms with E-state index in [9.17, 15) is 4.39 Å². The van der Waals surface area contributed by atoms with Crippen molar-refractivity contribution >= 4 is 0 Å². The van der Waals surface area contributed by atoms with E-state index in [0.717, 1.165) is 24.2 Å². The highest BCUT2D eigenvalue weighted by Crippen LogP contribution is 2.35. The summed E-state index contributed by atoms with van der Waals surface area (Å²) in [6.07, 6.45) is 2.18. The van der Waals surface area contributed by atoms with Gasteiger partial charge in [-0.1, -0.05) is 18.2 Å². The molecule has 3 heteroatoms. The van der Waals surface area contributed by atoms with Crippen molar-refractivity contribution in [3.8, 4) is 5.75 Å². The Morgan fingerprint density at radius 1 is 1.19 bits per heavy atom. The number of benzene rings is 2. The Morgan fingerprint density at radius 2 is 1.95 bits per heavy atom. The molecule has 0 aliphatic heterocycles. The van der Waals surface area contributed by atoms with Gasteiger partial charge in [-0.05, 0) is 60.7 Å². The van der Waals surface area contributed by atoms with Crippen molar-refractivity contribution in [1.29, 1.82) is 0 Å². The number of fused-ring (bicyclic) bond motifs is 1. The molecule has 1 N–H and O–H groups in total. The summed E-state index contributed by atoms with van der Waals surface area (Å²) in [4.78, 5) is 0. The first kappa shape index (κ1) is 14.1. The Morgan fingerprint density at radius 3 is 2.67 bits per heavy atom. The van der Waals surface area contributed by atoms with Crippen molar-refractivity contribution in [3.05, 3.63) is 65.0 Å². The molecule has 1 aliphatic rings. The van der Waals surface area contributed by atoms with Crippen LogP contribution in [0.3, 0.4) is 0 Å². The summed E-state index contributed by atoms with van der Waals surface area (Å²) in [5.74, 6) is 0.707. The van der Waals surface area contributed by atoms with Gasteiger partial charge < -0.3 is 10.1 Å². The number of ether oxygens (including phenoxy) is 1. The third kappa shape index (κ3) is 2.93. The van der Waals surface area contributed by atoms with Crippen molar-refractivity contribution < 1.29 is 9.13 Å². The topological polar surface area (TPSA) is 21.3 Å². The molecule has 2 aromatic rings. The van der Waals surface area contributed by atoms with Crippen LogP contribution >= 0.6 is 0 Å². The molecular formula is C18H20FNO. The zero-order chi connectivity index (χ0) is 14.8. The van der Waals surface area contributed by atoms with Crippen LogP contribution in [0.4, 0.5) is 4.39 Å². The molecule has 21 heavy (non-hydrogen) atoms. The van der Waals surface area contributed by atoms with Crippen LogP contribution in [0.5, 0.6) is 5.75 Å². The second-order valence-corrected chi connectivity index (χ2v) is 5.60. The molecule has 0 heterocycles. The maximum Gasteiger partial charge on any atom is 0.123 e. The summed E-state index contributed by atoms with van der Waals surface area (Å²) in [5, 5.41) is 3.64. The first-order valence-electron chi connectivity index (χ1n) is 7.35. The normalized spacial score (nSPS) is 18.3. The Balaban J connectivity index is 1.76. The fourth-order valence-electron chi connectivity index (χ4n) is 3.03. The molecule has 0 radical (unpaired) electrons. The second kappa shape index (κ2) is 5.86. The molecule has 110 valence electrons. The Hall–Kier alpha value is -1.87. The lowest BCUT2D eigenvalue weighted by Crippen LogP contribution is -2.23. The Bertz CT molecular complexity index is 624. The summed E-state index contributed by atoms with van der Waals surface area (Å²) >= 11 is 0. The van der Waals surface area contributed by atoms with Crippen molar-refractivity contribution in [2.75, 3.05) is 7.11 Å². The van der Waals surface area contributed by atoms with Crippen LogP contribution in [0.1, 0.15) is 42.1 Å². The van der Waals surface area contributed by atoms with E-state index in [1.165, 1.54) is 23.3 Å². The van der Waals surface area contributed by atoms with Crippen LogP contribution in [0, 0.1) is 5.82 Å². The average molecular weight is 285 g/mol. The maximum atomic E-state index is 13.0. The van der Waals surface area contributed by atoms with E-state index in [-0.39, 0.29) is 11.9 Å². The van der Waals surface area contributed by atoms with Gasteiger partial charge >= 0.3 is 0 Å². The van der Waals surface area contributed by atoms with E-state index < -0.39 is 0 Å². The minimum atomic E-state index is -0.193. The lowest BCUT2D eigenvalue weighted by molar-refractivity contribution is 0.412. The molecule has 1 unspecified atom stereocenters. The number of halogens is 1. The number of methoxy groups -OCH3 is 1. The van der Waals surface area contributed by atoms with E-state index in [1.54, 1.807) is 7.11 Å². The number of hydrogen-bond acceptors (Lipinski definition) is 2. The first-order chi connectivity index (χ1) is 10.2. The van der Waals surface area contributed by atoms with Crippen LogP contribution in [-0.2, 0) is 6.42 Å². The van der Waals surface area contributed by atoms with Crippen LogP contribution in [0.2, 0.25) is 0 Å². The molecule has 0 saturated heterocycles. The molecule has 2 nitrogen and oxygen atoms in total. The lowest BCUT2D eigenvalue weighted by Gasteiger charge is -2.21. The van der Waals surface area contributed by atoms with Gasteiger partial charge in [0.2, 0.25) is 0 Å². The van der Waals surface area contributed by atoms with Crippen molar-refractivity contribution in [2.24, 2.45) is 0 Å². The molecular weight excluding hydrogens is 265 g/mol. The Kier molecular flexibility index (Phi) is 3.93. The Labute approximate surface area is 125 Å². The van der Waals surface area contributed by atoms with Gasteiger partial charge in [0.1, 0.15) is 11.6 Å². The summed E-state index contributed by atoms with van der Waals surface area (Å²) < 4.78 is 18.3. The molecule has 2 atom stereocenters. The van der Waals surface area contributed by atoms with Gasteiger partial charge in [0.15, 0.2) is 0 Å². The predicted molar refractivity (Wildman–Crippen MR) is 82.0 cm³/mol. The fraction of sp³-hybridized carbons (Fsp3) is 0.333. The number of rotatable bonds is 4. The van der Waals surface area contributed by atoms with Crippen molar-refractivity contribution in [2.45, 2.75) is 31.8 Å². The minimum Gasteiger partial charge on any atom is -0.497 e. The van der Waals surface area contributed by atoms with E-state index in [2.05, 4.69) is 24.4 Å². The van der Waals surface area contributed by atoms with Gasteiger partial charge in [-0.15, -0.1) is 0 Å². The summed E-state index contributed by atoms with van der Waals surface area (Å²) in [6, 6.07) is 13.5. The minimum absolute atomic E-state index is 0.188. The number of nitrogens with one attached hydrogen (secondary N) is 1. The van der Waals surface area contributed by atoms with Crippen molar-refractivity contribution in [1.82, 2.24) is 5.32 Å². The lowest BCUT2D eigenvalue weighted by atomic mass is 10.0.